The lowest BCUT2D eigenvalue weighted by Crippen LogP contribution is -2.76. The molecule has 22 nitrogen and oxygen atoms in total. The van der Waals surface area contributed by atoms with Crippen molar-refractivity contribution in [3.8, 4) is 5.75 Å². The molecule has 2 atom stereocenters. The number of β-lactam (4-membered cyclic amide) rings is 1. The third-order valence-electron chi connectivity index (χ3n) is 9.27. The van der Waals surface area contributed by atoms with Crippen LogP contribution in [0.1, 0.15) is 81.9 Å². The van der Waals surface area contributed by atoms with Crippen LogP contribution in [0.5, 0.6) is 5.75 Å². The van der Waals surface area contributed by atoms with Gasteiger partial charge in [-0.15, -0.1) is 11.3 Å². The molecule has 2 saturated heterocycles. The lowest BCUT2D eigenvalue weighted by molar-refractivity contribution is -0.655. The summed E-state index contributed by atoms with van der Waals surface area (Å²) in [7, 11) is -3.46. The Hall–Kier alpha value is -5.85. The molecule has 0 spiro atoms. The molecule has 356 valence electrons. The first kappa shape index (κ1) is 50.2. The summed E-state index contributed by atoms with van der Waals surface area (Å²) in [5.41, 5.74) is -4.67. The number of nitrogens with zero attached hydrogens (tertiary/aromatic N) is 5. The molecule has 2 aliphatic rings. The van der Waals surface area contributed by atoms with Crippen LogP contribution >= 0.6 is 11.3 Å². The molecule has 1 unspecified atom stereocenters. The van der Waals surface area contributed by atoms with Gasteiger partial charge in [0.2, 0.25) is 10.4 Å². The standard InChI is InChI=1S/C41H56N8O14S2/c1-38(2,3)59-34(52)28(21-58-26-14-13-24-16-29(47(12)20-25(24)15-26)42-17-23-18-48(19-23)37(54)61-40(7,8)9)62-46-30(27-22-64-35(43-27)45-36(53)60-39(4,5)6)32(50)44-31-33(51)49(41(31,10)11)63-65(55,56)57/h13-16,20,22-23,28,31H,17-19,21H2,1-12H3,(H3,43,44,45,50,53,55,56,57)/b46-30-/t28?,31-/m1/s1. The Labute approximate surface area is 380 Å². The zero-order chi connectivity index (χ0) is 48.4. The number of fused-ring (bicyclic) bond motifs is 1. The molecule has 5 rings (SSSR count). The molecule has 1 aromatic carbocycles. The summed E-state index contributed by atoms with van der Waals surface area (Å²) in [5, 5.41) is 15.6. The monoisotopic (exact) mass is 948 g/mol. The van der Waals surface area contributed by atoms with Crippen LogP contribution in [-0.2, 0) is 55.2 Å². The smallest absolute Gasteiger partial charge is 0.413 e. The molecule has 0 saturated carbocycles. The number of carbonyl (C=O) groups is 5. The number of nitrogens with one attached hydrogen (secondary N) is 3. The van der Waals surface area contributed by atoms with E-state index in [0.29, 0.717) is 30.4 Å². The Kier molecular flexibility index (Phi) is 14.6. The maximum Gasteiger partial charge on any atom is 0.413 e. The van der Waals surface area contributed by atoms with E-state index in [9.17, 15) is 36.9 Å². The molecular formula is C41H56N8O14S2. The van der Waals surface area contributed by atoms with Gasteiger partial charge in [0.25, 0.3) is 23.7 Å². The number of benzene rings is 1. The molecule has 2 aliphatic heterocycles. The van der Waals surface area contributed by atoms with Gasteiger partial charge in [0.15, 0.2) is 10.8 Å². The number of aryl methyl sites for hydroxylation is 1. The van der Waals surface area contributed by atoms with E-state index in [2.05, 4.69) is 30.4 Å². The van der Waals surface area contributed by atoms with E-state index in [1.54, 1.807) is 58.6 Å². The number of amides is 4. The van der Waals surface area contributed by atoms with E-state index in [1.165, 1.54) is 19.2 Å². The SMILES string of the molecule is C[n+]1cc2cc(OCC(O/N=C(\C(=O)N[C@@H]3C(=O)N(OS(=O)(=O)[O-])C3(C)C)c3csc(NC(=O)OC(C)(C)C)n3)C(=O)OC(C)(C)C)ccc2cc1NCC1CN(C(=O)OC(C)(C)C)C1. The fraction of sp³-hybridized carbons (Fsp3) is 0.561. The summed E-state index contributed by atoms with van der Waals surface area (Å²) in [6.07, 6.45) is -0.855. The van der Waals surface area contributed by atoms with E-state index in [-0.39, 0.29) is 22.8 Å². The first-order valence-electron chi connectivity index (χ1n) is 20.4. The minimum absolute atomic E-state index is 0.0142. The van der Waals surface area contributed by atoms with Crippen molar-refractivity contribution < 1.29 is 69.6 Å². The van der Waals surface area contributed by atoms with Crippen LogP contribution in [-0.4, -0.2) is 124 Å². The van der Waals surface area contributed by atoms with Crippen molar-refractivity contribution in [2.45, 2.75) is 111 Å². The quantitative estimate of drug-likeness (QED) is 0.0286. The highest BCUT2D eigenvalue weighted by atomic mass is 32.3. The van der Waals surface area contributed by atoms with Crippen LogP contribution in [0.25, 0.3) is 10.8 Å². The molecule has 0 radical (unpaired) electrons. The number of ether oxygens (including phenoxy) is 4. The Bertz CT molecular complexity index is 2450. The number of anilines is 2. The largest absolute Gasteiger partial charge is 0.724 e. The third kappa shape index (κ3) is 13.8. The molecular weight excluding hydrogens is 893 g/mol. The minimum Gasteiger partial charge on any atom is -0.724 e. The Morgan fingerprint density at radius 3 is 2.23 bits per heavy atom. The van der Waals surface area contributed by atoms with Crippen molar-refractivity contribution in [3.63, 3.8) is 0 Å². The van der Waals surface area contributed by atoms with Crippen molar-refractivity contribution in [1.82, 2.24) is 20.3 Å². The zero-order valence-corrected chi connectivity index (χ0v) is 39.9. The second kappa shape index (κ2) is 18.9. The number of hydrogen-bond donors (Lipinski definition) is 3. The predicted molar refractivity (Wildman–Crippen MR) is 233 cm³/mol. The summed E-state index contributed by atoms with van der Waals surface area (Å²) >= 11 is 0.889. The predicted octanol–water partition coefficient (Wildman–Crippen LogP) is 3.75. The fourth-order valence-corrected chi connectivity index (χ4v) is 7.39. The molecule has 4 heterocycles. The Morgan fingerprint density at radius 2 is 1.63 bits per heavy atom. The number of carbonyl (C=O) groups excluding carboxylic acids is 5. The minimum atomic E-state index is -5.34. The summed E-state index contributed by atoms with van der Waals surface area (Å²) in [6.45, 7) is 19.4. The summed E-state index contributed by atoms with van der Waals surface area (Å²) in [5.74, 6) is -1.60. The van der Waals surface area contributed by atoms with Gasteiger partial charge < -0.3 is 38.6 Å². The summed E-state index contributed by atoms with van der Waals surface area (Å²) in [6, 6.07) is 5.84. The van der Waals surface area contributed by atoms with Crippen molar-refractivity contribution in [2.75, 3.05) is 36.9 Å². The fourth-order valence-electron chi connectivity index (χ4n) is 6.26. The van der Waals surface area contributed by atoms with Gasteiger partial charge in [-0.25, -0.2) is 32.4 Å². The first-order valence-corrected chi connectivity index (χ1v) is 22.6. The number of hydrogen-bond acceptors (Lipinski definition) is 18. The van der Waals surface area contributed by atoms with Crippen LogP contribution < -0.4 is 25.3 Å². The Morgan fingerprint density at radius 1 is 0.985 bits per heavy atom. The summed E-state index contributed by atoms with van der Waals surface area (Å²) < 4.78 is 62.3. The summed E-state index contributed by atoms with van der Waals surface area (Å²) in [4.78, 5) is 76.8. The number of hydroxylamine groups is 2. The van der Waals surface area contributed by atoms with Crippen LogP contribution in [0.15, 0.2) is 41.0 Å². The molecule has 3 aromatic rings. The molecule has 24 heteroatoms. The number of esters is 1. The topological polar surface area (TPSA) is 270 Å². The molecule has 2 fully saturated rings. The number of pyridine rings is 1. The maximum absolute atomic E-state index is 13.9. The van der Waals surface area contributed by atoms with E-state index in [1.807, 2.05) is 50.7 Å². The van der Waals surface area contributed by atoms with Gasteiger partial charge >= 0.3 is 18.2 Å². The highest BCUT2D eigenvalue weighted by Crippen LogP contribution is 2.33. The lowest BCUT2D eigenvalue weighted by Gasteiger charge is -2.51. The van der Waals surface area contributed by atoms with Crippen LogP contribution in [0, 0.1) is 5.92 Å². The number of oxime groups is 1. The highest BCUT2D eigenvalue weighted by molar-refractivity contribution is 7.80. The average Bonchev–Trinajstić information content (AvgIpc) is 3.58. The van der Waals surface area contributed by atoms with E-state index < -0.39 is 81.1 Å². The number of rotatable bonds is 15. The van der Waals surface area contributed by atoms with Gasteiger partial charge in [-0.3, -0.25) is 20.2 Å². The van der Waals surface area contributed by atoms with E-state index in [4.69, 9.17) is 23.8 Å². The normalized spacial score (nSPS) is 17.3. The second-order valence-electron chi connectivity index (χ2n) is 18.9. The Balaban J connectivity index is 1.34. The van der Waals surface area contributed by atoms with Gasteiger partial charge in [0, 0.05) is 35.8 Å². The van der Waals surface area contributed by atoms with Crippen LogP contribution in [0.2, 0.25) is 0 Å². The van der Waals surface area contributed by atoms with Crippen molar-refractivity contribution >= 4 is 79.1 Å². The molecule has 65 heavy (non-hydrogen) atoms. The number of aromatic nitrogens is 2. The molecule has 3 N–H and O–H groups in total. The first-order chi connectivity index (χ1) is 29.9. The van der Waals surface area contributed by atoms with Crippen molar-refractivity contribution in [3.05, 3.63) is 41.5 Å². The number of thiazole rings is 1. The van der Waals surface area contributed by atoms with E-state index >= 15 is 0 Å². The number of likely N-dealkylation sites (tertiary alicyclic amines) is 1. The van der Waals surface area contributed by atoms with Gasteiger partial charge in [0.05, 0.1) is 25.3 Å². The van der Waals surface area contributed by atoms with Gasteiger partial charge in [-0.1, -0.05) is 11.2 Å². The van der Waals surface area contributed by atoms with Gasteiger partial charge in [0.1, 0.15) is 40.9 Å². The molecule has 4 amide bonds. The third-order valence-corrected chi connectivity index (χ3v) is 10.4. The average molecular weight is 949 g/mol. The van der Waals surface area contributed by atoms with Crippen LogP contribution in [0.4, 0.5) is 20.5 Å². The lowest BCUT2D eigenvalue weighted by atomic mass is 9.84. The van der Waals surface area contributed by atoms with Crippen molar-refractivity contribution in [2.24, 2.45) is 18.1 Å². The highest BCUT2D eigenvalue weighted by Gasteiger charge is 2.57. The molecule has 2 aromatic heterocycles. The second-order valence-corrected chi connectivity index (χ2v) is 20.7. The van der Waals surface area contributed by atoms with Crippen LogP contribution in [0.3, 0.4) is 0 Å². The van der Waals surface area contributed by atoms with E-state index in [0.717, 1.165) is 27.9 Å². The zero-order valence-electron chi connectivity index (χ0n) is 38.3. The van der Waals surface area contributed by atoms with Gasteiger partial charge in [-0.2, -0.15) is 9.35 Å². The molecule has 0 bridgehead atoms. The van der Waals surface area contributed by atoms with Gasteiger partial charge in [-0.05, 0) is 93.7 Å². The maximum atomic E-state index is 13.9. The van der Waals surface area contributed by atoms with Crippen molar-refractivity contribution in [1.29, 1.82) is 0 Å². The molecule has 0 aliphatic carbocycles.